The van der Waals surface area contributed by atoms with Gasteiger partial charge in [0.15, 0.2) is 0 Å². The molecule has 0 saturated carbocycles. The molecule has 2 aromatic carbocycles. The second-order valence-corrected chi connectivity index (χ2v) is 12.0. The molecule has 172 valence electrons. The lowest BCUT2D eigenvalue weighted by atomic mass is 10.2. The Morgan fingerprint density at radius 2 is 1.52 bits per heavy atom. The highest BCUT2D eigenvalue weighted by Gasteiger charge is 2.27. The van der Waals surface area contributed by atoms with Crippen molar-refractivity contribution in [3.8, 4) is 0 Å². The van der Waals surface area contributed by atoms with Gasteiger partial charge in [-0.05, 0) is 53.4 Å². The Hall–Kier alpha value is -2.76. The first-order chi connectivity index (χ1) is 15.8. The van der Waals surface area contributed by atoms with Crippen LogP contribution in [0.15, 0.2) is 105 Å². The third-order valence-corrected chi connectivity index (χ3v) is 8.99. The van der Waals surface area contributed by atoms with Crippen molar-refractivity contribution in [2.24, 2.45) is 0 Å². The Bertz CT molecular complexity index is 1330. The number of hydrogen-bond acceptors (Lipinski definition) is 6. The van der Waals surface area contributed by atoms with Crippen LogP contribution in [0.1, 0.15) is 16.2 Å². The molecule has 2 heterocycles. The molecule has 0 unspecified atom stereocenters. The minimum Gasteiger partial charge on any atom is -0.468 e. The van der Waals surface area contributed by atoms with E-state index >= 15 is 0 Å². The van der Waals surface area contributed by atoms with Gasteiger partial charge in [-0.2, -0.15) is 4.31 Å². The molecular weight excluding hydrogens is 480 g/mol. The molecule has 33 heavy (non-hydrogen) atoms. The molecule has 1 N–H and O–H groups in total. The Balaban J connectivity index is 1.54. The standard InChI is InChI=1S/C23H22N2O5S3/c26-32(27,24-16-19-6-2-1-3-7-19)22-10-12-23(13-11-22)33(28,29)25(17-20-8-4-14-30-20)18-21-9-5-15-31-21/h1-15,24H,16-18H2. The van der Waals surface area contributed by atoms with E-state index < -0.39 is 20.0 Å². The monoisotopic (exact) mass is 502 g/mol. The number of thiophene rings is 1. The molecule has 2 aromatic heterocycles. The molecule has 0 spiro atoms. The Labute approximate surface area is 197 Å². The van der Waals surface area contributed by atoms with E-state index in [2.05, 4.69) is 4.72 Å². The van der Waals surface area contributed by atoms with Crippen LogP contribution < -0.4 is 4.72 Å². The number of benzene rings is 2. The molecule has 0 aliphatic carbocycles. The predicted molar refractivity (Wildman–Crippen MR) is 126 cm³/mol. The average molecular weight is 503 g/mol. The van der Waals surface area contributed by atoms with Crippen LogP contribution in [0.4, 0.5) is 0 Å². The van der Waals surface area contributed by atoms with Crippen LogP contribution in [0.25, 0.3) is 0 Å². The maximum atomic E-state index is 13.4. The second kappa shape index (κ2) is 10.0. The maximum absolute atomic E-state index is 13.4. The fourth-order valence-corrected chi connectivity index (χ4v) is 6.38. The first-order valence-corrected chi connectivity index (χ1v) is 13.8. The van der Waals surface area contributed by atoms with Crippen LogP contribution in [0.3, 0.4) is 0 Å². The number of rotatable bonds is 10. The van der Waals surface area contributed by atoms with E-state index in [1.54, 1.807) is 12.1 Å². The third-order valence-electron chi connectivity index (χ3n) is 4.91. The van der Waals surface area contributed by atoms with Gasteiger partial charge in [-0.3, -0.25) is 0 Å². The fraction of sp³-hybridized carbons (Fsp3) is 0.130. The molecular formula is C23H22N2O5S3. The van der Waals surface area contributed by atoms with Crippen LogP contribution in [-0.2, 0) is 39.7 Å². The average Bonchev–Trinajstić information content (AvgIpc) is 3.53. The number of nitrogens with one attached hydrogen (secondary N) is 1. The summed E-state index contributed by atoms with van der Waals surface area (Å²) in [4.78, 5) is 0.885. The fourth-order valence-electron chi connectivity index (χ4n) is 3.18. The minimum atomic E-state index is -3.91. The largest absolute Gasteiger partial charge is 0.468 e. The summed E-state index contributed by atoms with van der Waals surface area (Å²) in [5.74, 6) is 0.513. The lowest BCUT2D eigenvalue weighted by Crippen LogP contribution is -2.30. The van der Waals surface area contributed by atoms with Gasteiger partial charge < -0.3 is 4.42 Å². The molecule has 0 atom stereocenters. The summed E-state index contributed by atoms with van der Waals surface area (Å²) in [5.41, 5.74) is 0.822. The molecule has 0 aliphatic rings. The molecule has 0 fully saturated rings. The topological polar surface area (TPSA) is 96.7 Å². The predicted octanol–water partition coefficient (Wildman–Crippen LogP) is 4.21. The van der Waals surface area contributed by atoms with Gasteiger partial charge in [0.05, 0.1) is 22.6 Å². The van der Waals surface area contributed by atoms with Gasteiger partial charge >= 0.3 is 0 Å². The van der Waals surface area contributed by atoms with E-state index in [-0.39, 0.29) is 29.4 Å². The van der Waals surface area contributed by atoms with Gasteiger partial charge in [0, 0.05) is 18.0 Å². The van der Waals surface area contributed by atoms with Gasteiger partial charge in [0.2, 0.25) is 20.0 Å². The maximum Gasteiger partial charge on any atom is 0.243 e. The van der Waals surface area contributed by atoms with Crippen molar-refractivity contribution in [1.82, 2.24) is 9.03 Å². The Kier molecular flexibility index (Phi) is 7.11. The highest BCUT2D eigenvalue weighted by atomic mass is 32.2. The van der Waals surface area contributed by atoms with Crippen LogP contribution >= 0.6 is 11.3 Å². The van der Waals surface area contributed by atoms with E-state index in [1.165, 1.54) is 46.2 Å². The molecule has 0 saturated heterocycles. The van der Waals surface area contributed by atoms with Crippen LogP contribution in [-0.4, -0.2) is 21.1 Å². The van der Waals surface area contributed by atoms with Crippen molar-refractivity contribution in [2.45, 2.75) is 29.4 Å². The van der Waals surface area contributed by atoms with Crippen molar-refractivity contribution in [2.75, 3.05) is 0 Å². The van der Waals surface area contributed by atoms with Crippen molar-refractivity contribution in [3.63, 3.8) is 0 Å². The Morgan fingerprint density at radius 3 is 2.15 bits per heavy atom. The molecule has 0 bridgehead atoms. The number of sulfonamides is 2. The molecule has 0 aliphatic heterocycles. The van der Waals surface area contributed by atoms with Crippen molar-refractivity contribution in [1.29, 1.82) is 0 Å². The lowest BCUT2D eigenvalue weighted by Gasteiger charge is -2.21. The SMILES string of the molecule is O=S(=O)(NCc1ccccc1)c1ccc(S(=O)(=O)N(Cc2ccco2)Cc2cccs2)cc1. The molecule has 0 amide bonds. The van der Waals surface area contributed by atoms with Gasteiger partial charge in [-0.25, -0.2) is 21.6 Å². The van der Waals surface area contributed by atoms with Crippen molar-refractivity contribution in [3.05, 3.63) is 107 Å². The number of nitrogens with zero attached hydrogens (tertiary/aromatic N) is 1. The van der Waals surface area contributed by atoms with E-state index in [0.717, 1.165) is 10.4 Å². The van der Waals surface area contributed by atoms with Crippen LogP contribution in [0.2, 0.25) is 0 Å². The first-order valence-electron chi connectivity index (χ1n) is 10.0. The second-order valence-electron chi connectivity index (χ2n) is 7.21. The zero-order chi connectivity index (χ0) is 23.3. The summed E-state index contributed by atoms with van der Waals surface area (Å²) in [7, 11) is -7.70. The first kappa shape index (κ1) is 23.4. The van der Waals surface area contributed by atoms with E-state index in [1.807, 2.05) is 47.8 Å². The normalized spacial score (nSPS) is 12.3. The zero-order valence-corrected chi connectivity index (χ0v) is 19.9. The summed E-state index contributed by atoms with van der Waals surface area (Å²) < 4.78 is 61.2. The van der Waals surface area contributed by atoms with Crippen molar-refractivity contribution < 1.29 is 21.3 Å². The summed E-state index contributed by atoms with van der Waals surface area (Å²) in [6.45, 7) is 0.381. The van der Waals surface area contributed by atoms with Crippen LogP contribution in [0, 0.1) is 0 Å². The minimum absolute atomic E-state index is 0.00628. The van der Waals surface area contributed by atoms with Gasteiger partial charge in [0.1, 0.15) is 5.76 Å². The number of hydrogen-bond donors (Lipinski definition) is 1. The summed E-state index contributed by atoms with van der Waals surface area (Å²) in [6.07, 6.45) is 1.49. The van der Waals surface area contributed by atoms with E-state index in [0.29, 0.717) is 5.76 Å². The molecule has 4 aromatic rings. The van der Waals surface area contributed by atoms with Gasteiger partial charge in [-0.15, -0.1) is 11.3 Å². The molecule has 0 radical (unpaired) electrons. The summed E-state index contributed by atoms with van der Waals surface area (Å²) >= 11 is 1.46. The van der Waals surface area contributed by atoms with Crippen LogP contribution in [0.5, 0.6) is 0 Å². The summed E-state index contributed by atoms with van der Waals surface area (Å²) in [5, 5.41) is 1.88. The van der Waals surface area contributed by atoms with Gasteiger partial charge in [-0.1, -0.05) is 36.4 Å². The van der Waals surface area contributed by atoms with Crippen molar-refractivity contribution >= 4 is 31.4 Å². The molecule has 7 nitrogen and oxygen atoms in total. The van der Waals surface area contributed by atoms with E-state index in [9.17, 15) is 16.8 Å². The molecule has 4 rings (SSSR count). The lowest BCUT2D eigenvalue weighted by molar-refractivity contribution is 0.360. The quantitative estimate of drug-likeness (QED) is 0.350. The zero-order valence-electron chi connectivity index (χ0n) is 17.5. The van der Waals surface area contributed by atoms with E-state index in [4.69, 9.17) is 4.42 Å². The molecule has 10 heteroatoms. The third kappa shape index (κ3) is 5.79. The van der Waals surface area contributed by atoms with Gasteiger partial charge in [0.25, 0.3) is 0 Å². The Morgan fingerprint density at radius 1 is 0.788 bits per heavy atom. The summed E-state index contributed by atoms with van der Waals surface area (Å²) in [6, 6.07) is 21.5. The number of furan rings is 1. The smallest absolute Gasteiger partial charge is 0.243 e. The highest BCUT2D eigenvalue weighted by Crippen LogP contribution is 2.24. The highest BCUT2D eigenvalue weighted by molar-refractivity contribution is 7.89.